The van der Waals surface area contributed by atoms with Crippen molar-refractivity contribution < 1.29 is 14.2 Å². The van der Waals surface area contributed by atoms with E-state index in [1.165, 1.54) is 0 Å². The van der Waals surface area contributed by atoms with Crippen LogP contribution in [-0.2, 0) is 15.1 Å². The first-order valence-electron chi connectivity index (χ1n) is 11.9. The summed E-state index contributed by atoms with van der Waals surface area (Å²) in [7, 11) is 0. The predicted octanol–water partition coefficient (Wildman–Crippen LogP) is 4.61. The third kappa shape index (κ3) is 3.75. The van der Waals surface area contributed by atoms with Crippen molar-refractivity contribution in [1.29, 1.82) is 0 Å². The van der Waals surface area contributed by atoms with Crippen molar-refractivity contribution >= 4 is 0 Å². The summed E-state index contributed by atoms with van der Waals surface area (Å²) in [6.45, 7) is 2.05. The van der Waals surface area contributed by atoms with E-state index in [-0.39, 0.29) is 24.0 Å². The Morgan fingerprint density at radius 1 is 0.914 bits per heavy atom. The Morgan fingerprint density at radius 2 is 1.46 bits per heavy atom. The molecule has 35 heavy (non-hydrogen) atoms. The highest BCUT2D eigenvalue weighted by atomic mass is 16.6. The molecular weight excluding hydrogens is 440 g/mol. The van der Waals surface area contributed by atoms with Crippen LogP contribution in [0.2, 0.25) is 0 Å². The highest BCUT2D eigenvalue weighted by Gasteiger charge is 2.46. The molecule has 0 N–H and O–H groups in total. The molecule has 6 nitrogen and oxygen atoms in total. The summed E-state index contributed by atoms with van der Waals surface area (Å²) in [5.74, 6) is 0. The van der Waals surface area contributed by atoms with Gasteiger partial charge in [0.25, 0.3) is 5.56 Å². The van der Waals surface area contributed by atoms with Gasteiger partial charge < -0.3 is 14.2 Å². The fraction of sp³-hybridized carbons (Fsp3) is 0.241. The van der Waals surface area contributed by atoms with E-state index in [2.05, 4.69) is 41.4 Å². The maximum atomic E-state index is 12.1. The first kappa shape index (κ1) is 21.8. The van der Waals surface area contributed by atoms with Crippen molar-refractivity contribution in [3.63, 3.8) is 0 Å². The average molecular weight is 467 g/mol. The molecule has 0 saturated carbocycles. The number of hydrogen-bond donors (Lipinski definition) is 0. The van der Waals surface area contributed by atoms with E-state index in [1.807, 2.05) is 59.2 Å². The molecular formula is C29H26N2O4. The van der Waals surface area contributed by atoms with E-state index in [1.54, 1.807) is 13.1 Å². The van der Waals surface area contributed by atoms with E-state index in [0.717, 1.165) is 16.7 Å². The van der Waals surface area contributed by atoms with Gasteiger partial charge in [-0.25, -0.2) is 0 Å². The van der Waals surface area contributed by atoms with Gasteiger partial charge in [0.2, 0.25) is 0 Å². The molecule has 6 heteroatoms. The summed E-state index contributed by atoms with van der Waals surface area (Å²) in [5, 5.41) is 0. The SMILES string of the molecule is Cc1cn2c(nc1=O)O[C@@H]1C[C@H]2O[C@@H]1COC(c1ccccc1)(c1ccccc1)c1ccccc1. The van der Waals surface area contributed by atoms with Gasteiger partial charge in [0.05, 0.1) is 6.61 Å². The molecule has 1 fully saturated rings. The number of rotatable bonds is 6. The third-order valence-electron chi connectivity index (χ3n) is 6.84. The van der Waals surface area contributed by atoms with Crippen molar-refractivity contribution in [3.05, 3.63) is 130 Å². The Morgan fingerprint density at radius 3 is 2.00 bits per heavy atom. The maximum absolute atomic E-state index is 12.1. The normalized spacial score (nSPS) is 20.8. The summed E-state index contributed by atoms with van der Waals surface area (Å²) in [6.07, 6.45) is 1.66. The van der Waals surface area contributed by atoms with Gasteiger partial charge in [0.15, 0.2) is 0 Å². The highest BCUT2D eigenvalue weighted by molar-refractivity contribution is 5.47. The second-order valence-corrected chi connectivity index (χ2v) is 9.03. The van der Waals surface area contributed by atoms with Gasteiger partial charge >= 0.3 is 6.01 Å². The number of aromatic nitrogens is 2. The Kier molecular flexibility index (Phi) is 5.47. The molecule has 0 unspecified atom stereocenters. The molecule has 0 amide bonds. The van der Waals surface area contributed by atoms with Crippen molar-refractivity contribution in [2.24, 2.45) is 0 Å². The van der Waals surface area contributed by atoms with Crippen LogP contribution in [0.5, 0.6) is 6.01 Å². The molecule has 0 spiro atoms. The lowest BCUT2D eigenvalue weighted by atomic mass is 9.80. The smallest absolute Gasteiger partial charge is 0.302 e. The summed E-state index contributed by atoms with van der Waals surface area (Å²) in [4.78, 5) is 16.2. The van der Waals surface area contributed by atoms with Crippen LogP contribution < -0.4 is 10.3 Å². The lowest BCUT2D eigenvalue weighted by Gasteiger charge is -2.37. The van der Waals surface area contributed by atoms with Crippen LogP contribution in [0.4, 0.5) is 0 Å². The number of nitrogens with zero attached hydrogens (tertiary/aromatic N) is 2. The lowest BCUT2D eigenvalue weighted by Crippen LogP contribution is -2.39. The quantitative estimate of drug-likeness (QED) is 0.389. The highest BCUT2D eigenvalue weighted by Crippen LogP contribution is 2.43. The van der Waals surface area contributed by atoms with E-state index in [4.69, 9.17) is 14.2 Å². The fourth-order valence-corrected chi connectivity index (χ4v) is 5.10. The topological polar surface area (TPSA) is 62.6 Å². The molecule has 2 aliphatic heterocycles. The number of aryl methyl sites for hydroxylation is 1. The fourth-order valence-electron chi connectivity index (χ4n) is 5.10. The van der Waals surface area contributed by atoms with Crippen LogP contribution >= 0.6 is 0 Å². The molecule has 176 valence electrons. The molecule has 3 atom stereocenters. The molecule has 3 aromatic carbocycles. The minimum absolute atomic E-state index is 0.233. The predicted molar refractivity (Wildman–Crippen MR) is 131 cm³/mol. The number of benzene rings is 3. The van der Waals surface area contributed by atoms with Gasteiger partial charge in [-0.3, -0.25) is 9.36 Å². The zero-order valence-electron chi connectivity index (χ0n) is 19.4. The van der Waals surface area contributed by atoms with Crippen LogP contribution in [-0.4, -0.2) is 28.4 Å². The maximum Gasteiger partial charge on any atom is 0.302 e. The van der Waals surface area contributed by atoms with E-state index in [9.17, 15) is 4.79 Å². The lowest BCUT2D eigenvalue weighted by molar-refractivity contribution is -0.0816. The number of ether oxygens (including phenoxy) is 3. The largest absolute Gasteiger partial charge is 0.458 e. The molecule has 4 aromatic rings. The standard InChI is InChI=1S/C29H26N2O4/c1-20-18-31-26-17-24(35-28(31)30-27(20)32)25(34-26)19-33-29(21-11-5-2-6-12-21,22-13-7-3-8-14-22)23-15-9-4-10-16-23/h2-16,18,24-26H,17,19H2,1H3/t24-,25-,26-/m1/s1. The Bertz CT molecular complexity index is 1280. The van der Waals surface area contributed by atoms with Crippen LogP contribution in [0, 0.1) is 6.92 Å². The monoisotopic (exact) mass is 466 g/mol. The molecule has 3 heterocycles. The molecule has 2 bridgehead atoms. The molecule has 1 saturated heterocycles. The van der Waals surface area contributed by atoms with Crippen LogP contribution in [0.15, 0.2) is 102 Å². The Hall–Kier alpha value is -3.74. The van der Waals surface area contributed by atoms with Gasteiger partial charge in [-0.1, -0.05) is 91.0 Å². The van der Waals surface area contributed by atoms with E-state index < -0.39 is 5.60 Å². The van der Waals surface area contributed by atoms with E-state index in [0.29, 0.717) is 24.6 Å². The van der Waals surface area contributed by atoms with Gasteiger partial charge in [-0.15, -0.1) is 0 Å². The van der Waals surface area contributed by atoms with Gasteiger partial charge in [-0.2, -0.15) is 4.98 Å². The number of fused-ring (bicyclic) bond motifs is 4. The van der Waals surface area contributed by atoms with Crippen molar-refractivity contribution in [2.45, 2.75) is 37.4 Å². The zero-order valence-corrected chi connectivity index (χ0v) is 19.4. The third-order valence-corrected chi connectivity index (χ3v) is 6.84. The molecule has 6 rings (SSSR count). The van der Waals surface area contributed by atoms with Crippen LogP contribution in [0.3, 0.4) is 0 Å². The summed E-state index contributed by atoms with van der Waals surface area (Å²) in [6, 6.07) is 31.1. The molecule has 1 aromatic heterocycles. The first-order chi connectivity index (χ1) is 17.1. The van der Waals surface area contributed by atoms with Crippen molar-refractivity contribution in [3.8, 4) is 6.01 Å². The summed E-state index contributed by atoms with van der Waals surface area (Å²) < 4.78 is 21.2. The summed E-state index contributed by atoms with van der Waals surface area (Å²) in [5.41, 5.74) is 2.55. The van der Waals surface area contributed by atoms with Crippen molar-refractivity contribution in [1.82, 2.24) is 9.55 Å². The van der Waals surface area contributed by atoms with Crippen LogP contribution in [0.25, 0.3) is 0 Å². The Balaban J connectivity index is 1.37. The second kappa shape index (κ2) is 8.80. The molecule has 0 radical (unpaired) electrons. The molecule has 2 aliphatic rings. The number of hydrogen-bond acceptors (Lipinski definition) is 5. The van der Waals surface area contributed by atoms with E-state index >= 15 is 0 Å². The second-order valence-electron chi connectivity index (χ2n) is 9.03. The van der Waals surface area contributed by atoms with Crippen molar-refractivity contribution in [2.75, 3.05) is 6.61 Å². The summed E-state index contributed by atoms with van der Waals surface area (Å²) >= 11 is 0. The van der Waals surface area contributed by atoms with Gasteiger partial charge in [-0.05, 0) is 23.6 Å². The zero-order chi connectivity index (χ0) is 23.8. The first-order valence-corrected chi connectivity index (χ1v) is 11.9. The Labute approximate surface area is 203 Å². The minimum atomic E-state index is -0.832. The molecule has 0 aliphatic carbocycles. The van der Waals surface area contributed by atoms with Gasteiger partial charge in [0.1, 0.15) is 24.0 Å². The van der Waals surface area contributed by atoms with Gasteiger partial charge in [0, 0.05) is 18.2 Å². The van der Waals surface area contributed by atoms with Crippen LogP contribution in [0.1, 0.15) is 34.9 Å². The minimum Gasteiger partial charge on any atom is -0.458 e. The average Bonchev–Trinajstić information content (AvgIpc) is 3.24.